The number of nitrogens with one attached hydrogen (secondary N) is 2. The van der Waals surface area contributed by atoms with E-state index in [2.05, 4.69) is 20.4 Å². The van der Waals surface area contributed by atoms with Crippen LogP contribution in [0.4, 0.5) is 5.69 Å². The predicted molar refractivity (Wildman–Crippen MR) is 97.1 cm³/mol. The number of nitrogens with zero attached hydrogens (tertiary/aromatic N) is 1. The number of ether oxygens (including phenoxy) is 1. The summed E-state index contributed by atoms with van der Waals surface area (Å²) in [7, 11) is 1.29. The highest BCUT2D eigenvalue weighted by Crippen LogP contribution is 2.13. The highest BCUT2D eigenvalue weighted by atomic mass is 16.5. The minimum atomic E-state index is -0.492. The number of rotatable bonds is 6. The van der Waals surface area contributed by atoms with Gasteiger partial charge in [-0.2, -0.15) is 0 Å². The average Bonchev–Trinajstić information content (AvgIpc) is 2.65. The van der Waals surface area contributed by atoms with Gasteiger partial charge in [-0.05, 0) is 36.2 Å². The van der Waals surface area contributed by atoms with Crippen molar-refractivity contribution in [3.8, 4) is 0 Å². The lowest BCUT2D eigenvalue weighted by atomic mass is 10.1. The van der Waals surface area contributed by atoms with Crippen LogP contribution in [0.3, 0.4) is 0 Å². The fraction of sp³-hybridized carbons (Fsp3) is 0.263. The first-order valence-corrected chi connectivity index (χ1v) is 8.14. The van der Waals surface area contributed by atoms with Crippen LogP contribution in [-0.2, 0) is 4.74 Å². The third-order valence-electron chi connectivity index (χ3n) is 3.47. The number of hydrogen-bond acceptors (Lipinski definition) is 5. The van der Waals surface area contributed by atoms with Crippen molar-refractivity contribution in [3.63, 3.8) is 0 Å². The summed E-state index contributed by atoms with van der Waals surface area (Å²) >= 11 is 0. The summed E-state index contributed by atoms with van der Waals surface area (Å²) in [6.45, 7) is 4.50. The lowest BCUT2D eigenvalue weighted by Gasteiger charge is -2.09. The Hall–Kier alpha value is -3.22. The van der Waals surface area contributed by atoms with Crippen molar-refractivity contribution in [1.82, 2.24) is 10.3 Å². The standard InChI is InChI=1S/C19H21N3O4/c1-12(2)11-21-18(24)16-10-13(7-8-20-16)17(23)22-15-6-4-5-14(9-15)19(25)26-3/h4-10,12H,11H2,1-3H3,(H,21,24)(H,22,23). The summed E-state index contributed by atoms with van der Waals surface area (Å²) in [5, 5.41) is 5.44. The summed E-state index contributed by atoms with van der Waals surface area (Å²) < 4.78 is 4.66. The molecule has 0 saturated carbocycles. The molecule has 0 fully saturated rings. The second-order valence-corrected chi connectivity index (χ2v) is 6.06. The van der Waals surface area contributed by atoms with E-state index in [4.69, 9.17) is 0 Å². The molecule has 0 unspecified atom stereocenters. The predicted octanol–water partition coefficient (Wildman–Crippen LogP) is 2.51. The summed E-state index contributed by atoms with van der Waals surface area (Å²) in [6, 6.07) is 9.33. The molecule has 0 radical (unpaired) electrons. The molecule has 0 saturated heterocycles. The molecule has 1 heterocycles. The molecule has 1 aromatic heterocycles. The van der Waals surface area contributed by atoms with Crippen LogP contribution in [0.2, 0.25) is 0 Å². The van der Waals surface area contributed by atoms with Gasteiger partial charge in [0.25, 0.3) is 11.8 Å². The van der Waals surface area contributed by atoms with Gasteiger partial charge in [0.05, 0.1) is 12.7 Å². The van der Waals surface area contributed by atoms with E-state index in [1.54, 1.807) is 18.2 Å². The molecule has 2 amide bonds. The second kappa shape index (κ2) is 8.75. The summed E-state index contributed by atoms with van der Waals surface area (Å²) in [5.74, 6) is -0.921. The molecule has 0 aliphatic carbocycles. The number of hydrogen-bond donors (Lipinski definition) is 2. The van der Waals surface area contributed by atoms with Crippen molar-refractivity contribution < 1.29 is 19.1 Å². The van der Waals surface area contributed by atoms with Crippen LogP contribution in [-0.4, -0.2) is 36.4 Å². The van der Waals surface area contributed by atoms with Gasteiger partial charge < -0.3 is 15.4 Å². The van der Waals surface area contributed by atoms with Crippen molar-refractivity contribution in [1.29, 1.82) is 0 Å². The second-order valence-electron chi connectivity index (χ2n) is 6.06. The SMILES string of the molecule is COC(=O)c1cccc(NC(=O)c2ccnc(C(=O)NCC(C)C)c2)c1. The van der Waals surface area contributed by atoms with Crippen LogP contribution < -0.4 is 10.6 Å². The minimum absolute atomic E-state index is 0.168. The number of methoxy groups -OCH3 is 1. The average molecular weight is 355 g/mol. The molecule has 0 aliphatic heterocycles. The number of pyridine rings is 1. The van der Waals surface area contributed by atoms with Gasteiger partial charge in [-0.1, -0.05) is 19.9 Å². The Balaban J connectivity index is 2.12. The van der Waals surface area contributed by atoms with Crippen molar-refractivity contribution in [2.75, 3.05) is 19.0 Å². The number of carbonyl (C=O) groups excluding carboxylic acids is 3. The number of anilines is 1. The highest BCUT2D eigenvalue weighted by Gasteiger charge is 2.13. The molecule has 2 N–H and O–H groups in total. The largest absolute Gasteiger partial charge is 0.465 e. The maximum atomic E-state index is 12.4. The van der Waals surface area contributed by atoms with Gasteiger partial charge in [-0.3, -0.25) is 14.6 Å². The molecule has 0 bridgehead atoms. The molecule has 136 valence electrons. The quantitative estimate of drug-likeness (QED) is 0.776. The van der Waals surface area contributed by atoms with Gasteiger partial charge in [0.15, 0.2) is 0 Å². The Labute approximate surface area is 151 Å². The van der Waals surface area contributed by atoms with E-state index < -0.39 is 11.9 Å². The summed E-state index contributed by atoms with van der Waals surface area (Å²) in [4.78, 5) is 40.1. The van der Waals surface area contributed by atoms with E-state index in [9.17, 15) is 14.4 Å². The summed E-state index contributed by atoms with van der Waals surface area (Å²) in [5.41, 5.74) is 1.23. The maximum Gasteiger partial charge on any atom is 0.337 e. The molecule has 7 nitrogen and oxygen atoms in total. The Kier molecular flexibility index (Phi) is 6.43. The van der Waals surface area contributed by atoms with E-state index >= 15 is 0 Å². The van der Waals surface area contributed by atoms with Crippen LogP contribution >= 0.6 is 0 Å². The van der Waals surface area contributed by atoms with Gasteiger partial charge in [-0.15, -0.1) is 0 Å². The van der Waals surface area contributed by atoms with E-state index in [-0.39, 0.29) is 17.2 Å². The minimum Gasteiger partial charge on any atom is -0.465 e. The fourth-order valence-electron chi connectivity index (χ4n) is 2.13. The third-order valence-corrected chi connectivity index (χ3v) is 3.47. The first-order chi connectivity index (χ1) is 12.4. The first kappa shape index (κ1) is 19.1. The van der Waals surface area contributed by atoms with Crippen LogP contribution in [0, 0.1) is 5.92 Å². The van der Waals surface area contributed by atoms with Gasteiger partial charge in [0, 0.05) is 24.0 Å². The number of aromatic nitrogens is 1. The molecule has 0 spiro atoms. The molecule has 2 rings (SSSR count). The van der Waals surface area contributed by atoms with Crippen molar-refractivity contribution in [2.45, 2.75) is 13.8 Å². The molecule has 2 aromatic rings. The number of esters is 1. The van der Waals surface area contributed by atoms with E-state index in [0.717, 1.165) is 0 Å². The molecular formula is C19H21N3O4. The summed E-state index contributed by atoms with van der Waals surface area (Å²) in [6.07, 6.45) is 1.41. The van der Waals surface area contributed by atoms with Gasteiger partial charge in [0.2, 0.25) is 0 Å². The lowest BCUT2D eigenvalue weighted by Crippen LogP contribution is -2.28. The molecule has 7 heteroatoms. The normalized spacial score (nSPS) is 10.3. The van der Waals surface area contributed by atoms with Crippen molar-refractivity contribution in [3.05, 3.63) is 59.4 Å². The Morgan fingerprint density at radius 2 is 1.85 bits per heavy atom. The number of carbonyl (C=O) groups is 3. The Morgan fingerprint density at radius 1 is 1.08 bits per heavy atom. The van der Waals surface area contributed by atoms with Crippen LogP contribution in [0.15, 0.2) is 42.6 Å². The number of amides is 2. The zero-order chi connectivity index (χ0) is 19.1. The zero-order valence-electron chi connectivity index (χ0n) is 14.9. The molecule has 26 heavy (non-hydrogen) atoms. The molecular weight excluding hydrogens is 334 g/mol. The molecule has 0 atom stereocenters. The fourth-order valence-corrected chi connectivity index (χ4v) is 2.13. The van der Waals surface area contributed by atoms with E-state index in [1.807, 2.05) is 13.8 Å². The number of benzene rings is 1. The Morgan fingerprint density at radius 3 is 2.54 bits per heavy atom. The van der Waals surface area contributed by atoms with Gasteiger partial charge in [-0.25, -0.2) is 4.79 Å². The first-order valence-electron chi connectivity index (χ1n) is 8.14. The van der Waals surface area contributed by atoms with Crippen molar-refractivity contribution >= 4 is 23.5 Å². The van der Waals surface area contributed by atoms with Gasteiger partial charge in [0.1, 0.15) is 5.69 Å². The van der Waals surface area contributed by atoms with E-state index in [0.29, 0.717) is 23.7 Å². The van der Waals surface area contributed by atoms with Crippen LogP contribution in [0.25, 0.3) is 0 Å². The molecule has 1 aromatic carbocycles. The van der Waals surface area contributed by atoms with Crippen molar-refractivity contribution in [2.24, 2.45) is 5.92 Å². The molecule has 0 aliphatic rings. The zero-order valence-corrected chi connectivity index (χ0v) is 14.9. The van der Waals surface area contributed by atoms with Crippen LogP contribution in [0.1, 0.15) is 45.1 Å². The van der Waals surface area contributed by atoms with Gasteiger partial charge >= 0.3 is 5.97 Å². The topological polar surface area (TPSA) is 97.4 Å². The maximum absolute atomic E-state index is 12.4. The Bertz CT molecular complexity index is 818. The van der Waals surface area contributed by atoms with E-state index in [1.165, 1.54) is 31.5 Å². The monoisotopic (exact) mass is 355 g/mol. The highest BCUT2D eigenvalue weighted by molar-refractivity contribution is 6.06. The third kappa shape index (κ3) is 5.14. The smallest absolute Gasteiger partial charge is 0.337 e. The lowest BCUT2D eigenvalue weighted by molar-refractivity contribution is 0.0600. The van der Waals surface area contributed by atoms with Crippen LogP contribution in [0.5, 0.6) is 0 Å².